The third kappa shape index (κ3) is 4.01. The van der Waals surface area contributed by atoms with E-state index in [0.717, 1.165) is 4.90 Å². The van der Waals surface area contributed by atoms with Crippen LogP contribution in [0.25, 0.3) is 11.0 Å². The Morgan fingerprint density at radius 3 is 2.57 bits per heavy atom. The molecular formula is C18H17N3O6S. The van der Waals surface area contributed by atoms with Crippen LogP contribution in [0.5, 0.6) is 0 Å². The molecule has 0 radical (unpaired) electrons. The Morgan fingerprint density at radius 2 is 1.89 bits per heavy atom. The second kappa shape index (κ2) is 8.17. The van der Waals surface area contributed by atoms with E-state index in [-0.39, 0.29) is 36.0 Å². The van der Waals surface area contributed by atoms with Crippen LogP contribution in [0.3, 0.4) is 0 Å². The molecule has 9 nitrogen and oxygen atoms in total. The highest BCUT2D eigenvalue weighted by Crippen LogP contribution is 2.31. The second-order valence-electron chi connectivity index (χ2n) is 5.90. The van der Waals surface area contributed by atoms with Gasteiger partial charge in [-0.2, -0.15) is 0 Å². The molecule has 146 valence electrons. The van der Waals surface area contributed by atoms with E-state index in [9.17, 15) is 19.2 Å². The van der Waals surface area contributed by atoms with Gasteiger partial charge in [0.2, 0.25) is 23.5 Å². The molecule has 1 aliphatic rings. The molecule has 3 amide bonds. The van der Waals surface area contributed by atoms with Crippen molar-refractivity contribution >= 4 is 57.7 Å². The van der Waals surface area contributed by atoms with Crippen LogP contribution in [-0.2, 0) is 19.1 Å². The number of nitrogens with one attached hydrogen (secondary N) is 2. The van der Waals surface area contributed by atoms with Crippen LogP contribution in [0.15, 0.2) is 28.7 Å². The largest absolute Gasteiger partial charge is 0.460 e. The number of benzene rings is 1. The number of likely N-dealkylation sites (tertiary alicyclic amines) is 1. The summed E-state index contributed by atoms with van der Waals surface area (Å²) in [6.45, 7) is 1.41. The van der Waals surface area contributed by atoms with E-state index in [1.54, 1.807) is 31.2 Å². The highest BCUT2D eigenvalue weighted by atomic mass is 32.1. The van der Waals surface area contributed by atoms with Gasteiger partial charge in [-0.15, -0.1) is 0 Å². The Labute approximate surface area is 165 Å². The van der Waals surface area contributed by atoms with Crippen LogP contribution >= 0.6 is 12.2 Å². The van der Waals surface area contributed by atoms with Crippen LogP contribution in [0.2, 0.25) is 0 Å². The number of carbonyl (C=O) groups excluding carboxylic acids is 4. The van der Waals surface area contributed by atoms with Gasteiger partial charge in [0, 0.05) is 18.2 Å². The highest BCUT2D eigenvalue weighted by molar-refractivity contribution is 7.80. The molecule has 2 heterocycles. The summed E-state index contributed by atoms with van der Waals surface area (Å²) in [5, 5.41) is 5.62. The van der Waals surface area contributed by atoms with E-state index in [4.69, 9.17) is 21.4 Å². The van der Waals surface area contributed by atoms with Crippen molar-refractivity contribution in [2.45, 2.75) is 19.8 Å². The maximum absolute atomic E-state index is 12.2. The number of ether oxygens (including phenoxy) is 1. The number of anilines is 1. The molecule has 0 atom stereocenters. The maximum atomic E-state index is 12.2. The average molecular weight is 403 g/mol. The first-order valence-electron chi connectivity index (χ1n) is 8.53. The summed E-state index contributed by atoms with van der Waals surface area (Å²) in [6.07, 6.45) is 0.192. The van der Waals surface area contributed by atoms with Gasteiger partial charge in [0.15, 0.2) is 5.11 Å². The SMILES string of the molecule is CCOC(=O)c1oc2ccccc2c1NC(=S)NC(=O)CN1C(=O)CCC1=O. The highest BCUT2D eigenvalue weighted by Gasteiger charge is 2.30. The molecule has 10 heteroatoms. The van der Waals surface area contributed by atoms with Gasteiger partial charge in [0.25, 0.3) is 0 Å². The van der Waals surface area contributed by atoms with E-state index in [1.807, 2.05) is 0 Å². The van der Waals surface area contributed by atoms with Crippen LogP contribution in [0, 0.1) is 0 Å². The van der Waals surface area contributed by atoms with E-state index in [2.05, 4.69) is 10.6 Å². The van der Waals surface area contributed by atoms with Crippen LogP contribution in [0.1, 0.15) is 30.3 Å². The number of para-hydroxylation sites is 1. The summed E-state index contributed by atoms with van der Waals surface area (Å²) in [5.41, 5.74) is 0.697. The molecule has 2 aromatic rings. The number of esters is 1. The van der Waals surface area contributed by atoms with Gasteiger partial charge >= 0.3 is 5.97 Å². The molecule has 0 unspecified atom stereocenters. The van der Waals surface area contributed by atoms with Crippen molar-refractivity contribution in [1.29, 1.82) is 0 Å². The van der Waals surface area contributed by atoms with Gasteiger partial charge in [0.05, 0.1) is 6.61 Å². The minimum atomic E-state index is -0.677. The zero-order chi connectivity index (χ0) is 20.3. The van der Waals surface area contributed by atoms with Gasteiger partial charge < -0.3 is 19.8 Å². The summed E-state index contributed by atoms with van der Waals surface area (Å²) < 4.78 is 10.5. The minimum Gasteiger partial charge on any atom is -0.460 e. The van der Waals surface area contributed by atoms with Crippen molar-refractivity contribution in [3.8, 4) is 0 Å². The number of rotatable bonds is 5. The van der Waals surface area contributed by atoms with E-state index in [0.29, 0.717) is 11.0 Å². The fourth-order valence-electron chi connectivity index (χ4n) is 2.76. The van der Waals surface area contributed by atoms with E-state index >= 15 is 0 Å². The van der Waals surface area contributed by atoms with Gasteiger partial charge in [-0.1, -0.05) is 12.1 Å². The number of carbonyl (C=O) groups is 4. The monoisotopic (exact) mass is 403 g/mol. The van der Waals surface area contributed by atoms with Crippen molar-refractivity contribution in [2.75, 3.05) is 18.5 Å². The zero-order valence-corrected chi connectivity index (χ0v) is 15.8. The molecule has 1 saturated heterocycles. The van der Waals surface area contributed by atoms with Gasteiger partial charge in [0.1, 0.15) is 17.8 Å². The predicted octanol–water partition coefficient (Wildman–Crippen LogP) is 1.57. The van der Waals surface area contributed by atoms with E-state index in [1.165, 1.54) is 0 Å². The third-order valence-corrected chi connectivity index (χ3v) is 4.21. The molecule has 0 saturated carbocycles. The Balaban J connectivity index is 1.74. The summed E-state index contributed by atoms with van der Waals surface area (Å²) in [6, 6.07) is 6.89. The first-order chi connectivity index (χ1) is 13.4. The third-order valence-electron chi connectivity index (χ3n) is 4.00. The lowest BCUT2D eigenvalue weighted by molar-refractivity contribution is -0.142. The Hall–Kier alpha value is -3.27. The van der Waals surface area contributed by atoms with Gasteiger partial charge in [-0.3, -0.25) is 19.3 Å². The molecule has 0 bridgehead atoms. The fraction of sp³-hybridized carbons (Fsp3) is 0.278. The molecule has 1 fully saturated rings. The van der Waals surface area contributed by atoms with Crippen molar-refractivity contribution in [3.05, 3.63) is 30.0 Å². The van der Waals surface area contributed by atoms with Crippen molar-refractivity contribution in [2.24, 2.45) is 0 Å². The Bertz CT molecular complexity index is 967. The normalized spacial score (nSPS) is 13.7. The summed E-state index contributed by atoms with van der Waals surface area (Å²) in [7, 11) is 0. The molecule has 1 aliphatic heterocycles. The van der Waals surface area contributed by atoms with Crippen molar-refractivity contribution < 1.29 is 28.3 Å². The van der Waals surface area contributed by atoms with Crippen LogP contribution in [0.4, 0.5) is 5.69 Å². The molecule has 2 N–H and O–H groups in total. The van der Waals surface area contributed by atoms with Crippen LogP contribution in [-0.4, -0.2) is 46.9 Å². The number of amides is 3. The quantitative estimate of drug-likeness (QED) is 0.439. The smallest absolute Gasteiger partial charge is 0.376 e. The first kappa shape index (κ1) is 19.5. The second-order valence-corrected chi connectivity index (χ2v) is 6.31. The van der Waals surface area contributed by atoms with Gasteiger partial charge in [-0.05, 0) is 31.3 Å². The number of hydrogen-bond acceptors (Lipinski definition) is 7. The van der Waals surface area contributed by atoms with Gasteiger partial charge in [-0.25, -0.2) is 4.79 Å². The van der Waals surface area contributed by atoms with Crippen molar-refractivity contribution in [3.63, 3.8) is 0 Å². The fourth-order valence-corrected chi connectivity index (χ4v) is 2.98. The number of hydrogen-bond donors (Lipinski definition) is 2. The summed E-state index contributed by atoms with van der Waals surface area (Å²) in [4.78, 5) is 48.4. The lowest BCUT2D eigenvalue weighted by atomic mass is 10.2. The molecular weight excluding hydrogens is 386 g/mol. The Morgan fingerprint density at radius 1 is 1.21 bits per heavy atom. The average Bonchev–Trinajstić information content (AvgIpc) is 3.17. The number of imide groups is 1. The lowest BCUT2D eigenvalue weighted by Gasteiger charge is -2.14. The number of nitrogens with zero attached hydrogens (tertiary/aromatic N) is 1. The molecule has 0 aliphatic carbocycles. The van der Waals surface area contributed by atoms with E-state index < -0.39 is 30.2 Å². The number of fused-ring (bicyclic) bond motifs is 1. The van der Waals surface area contributed by atoms with Crippen molar-refractivity contribution in [1.82, 2.24) is 10.2 Å². The minimum absolute atomic E-state index is 0.0791. The summed E-state index contributed by atoms with van der Waals surface area (Å²) in [5.74, 6) is -2.19. The topological polar surface area (TPSA) is 118 Å². The Kier molecular flexibility index (Phi) is 5.69. The lowest BCUT2D eigenvalue weighted by Crippen LogP contribution is -2.43. The molecule has 28 heavy (non-hydrogen) atoms. The standard InChI is InChI=1S/C18H17N3O6S/c1-2-26-17(25)16-15(10-5-3-4-6-11(10)27-16)20-18(28)19-12(22)9-21-13(23)7-8-14(21)24/h3-6H,2,7-9H2,1H3,(H2,19,20,22,28). The molecule has 0 spiro atoms. The maximum Gasteiger partial charge on any atom is 0.376 e. The zero-order valence-electron chi connectivity index (χ0n) is 14.9. The number of furan rings is 1. The number of thiocarbonyl (C=S) groups is 1. The predicted molar refractivity (Wildman–Crippen MR) is 102 cm³/mol. The summed E-state index contributed by atoms with van der Waals surface area (Å²) >= 11 is 5.13. The molecule has 1 aromatic heterocycles. The molecule has 3 rings (SSSR count). The first-order valence-corrected chi connectivity index (χ1v) is 8.94. The molecule has 1 aromatic carbocycles. The van der Waals surface area contributed by atoms with Crippen LogP contribution < -0.4 is 10.6 Å².